The summed E-state index contributed by atoms with van der Waals surface area (Å²) in [6, 6.07) is -4.39. The maximum atomic E-state index is 12.8. The van der Waals surface area contributed by atoms with Gasteiger partial charge in [-0.1, -0.05) is 20.3 Å². The van der Waals surface area contributed by atoms with E-state index in [-0.39, 0.29) is 25.2 Å². The Morgan fingerprint density at radius 3 is 1.85 bits per heavy atom. The monoisotopic (exact) mass is 504 g/mol. The molecule has 5 atom stereocenters. The van der Waals surface area contributed by atoms with E-state index in [2.05, 4.69) is 21.3 Å². The lowest BCUT2D eigenvalue weighted by Crippen LogP contribution is -2.57. The molecule has 0 rings (SSSR count). The van der Waals surface area contributed by atoms with E-state index in [1.165, 1.54) is 25.6 Å². The highest BCUT2D eigenvalue weighted by molar-refractivity contribution is 7.98. The number of carboxylic acids is 2. The zero-order valence-corrected chi connectivity index (χ0v) is 21.0. The molecule has 0 saturated heterocycles. The Kier molecular flexibility index (Phi) is 14.6. The summed E-state index contributed by atoms with van der Waals surface area (Å²) in [6.07, 6.45) is 2.02. The smallest absolute Gasteiger partial charge is 0.326 e. The van der Waals surface area contributed by atoms with Crippen LogP contribution in [0.2, 0.25) is 0 Å². The van der Waals surface area contributed by atoms with Crippen molar-refractivity contribution in [3.63, 3.8) is 0 Å². The predicted octanol–water partition coefficient (Wildman–Crippen LogP) is -0.286. The van der Waals surface area contributed by atoms with E-state index in [4.69, 9.17) is 5.11 Å². The minimum Gasteiger partial charge on any atom is -0.481 e. The van der Waals surface area contributed by atoms with Crippen molar-refractivity contribution in [2.45, 2.75) is 77.5 Å². The maximum absolute atomic E-state index is 12.8. The molecule has 4 amide bonds. The number of rotatable bonds is 16. The van der Waals surface area contributed by atoms with Gasteiger partial charge in [-0.3, -0.25) is 24.0 Å². The van der Waals surface area contributed by atoms with Crippen LogP contribution in [0.1, 0.15) is 53.4 Å². The normalized spacial score (nSPS) is 15.1. The van der Waals surface area contributed by atoms with Crippen LogP contribution in [0.3, 0.4) is 0 Å². The molecule has 6 N–H and O–H groups in total. The zero-order chi connectivity index (χ0) is 26.4. The Bertz CT molecular complexity index is 748. The topological polar surface area (TPSA) is 191 Å². The number of hydrogen-bond donors (Lipinski definition) is 6. The number of carbonyl (C=O) groups excluding carboxylic acids is 4. The lowest BCUT2D eigenvalue weighted by Gasteiger charge is -2.25. The number of carbonyl (C=O) groups is 6. The van der Waals surface area contributed by atoms with Crippen LogP contribution >= 0.6 is 11.8 Å². The summed E-state index contributed by atoms with van der Waals surface area (Å²) < 4.78 is 0. The third-order valence-corrected chi connectivity index (χ3v) is 5.76. The molecule has 12 nitrogen and oxygen atoms in total. The standard InChI is InChI=1S/C21H36N4O8S/c1-6-11(2)17(21(32)33)25-18(29)12(3)22-19(30)15(9-10-34-5)24-20(31)14(23-13(4)26)7-8-16(27)28/h11-12,14-15,17H,6-10H2,1-5H3,(H,22,30)(H,23,26)(H,24,31)(H,25,29)(H,27,28)(H,32,33)/t11-,12-,14-,15-,17-/m0/s1. The number of carboxylic acid groups (broad SMARTS) is 2. The predicted molar refractivity (Wildman–Crippen MR) is 126 cm³/mol. The molecule has 0 aromatic carbocycles. The molecule has 0 bridgehead atoms. The van der Waals surface area contributed by atoms with E-state index in [0.717, 1.165) is 0 Å². The number of thioether (sulfide) groups is 1. The van der Waals surface area contributed by atoms with Crippen molar-refractivity contribution >= 4 is 47.3 Å². The van der Waals surface area contributed by atoms with Gasteiger partial charge in [0.15, 0.2) is 0 Å². The van der Waals surface area contributed by atoms with Crippen LogP contribution in [0, 0.1) is 5.92 Å². The molecule has 0 heterocycles. The third kappa shape index (κ3) is 11.9. The van der Waals surface area contributed by atoms with Crippen molar-refractivity contribution in [1.82, 2.24) is 21.3 Å². The lowest BCUT2D eigenvalue weighted by atomic mass is 9.99. The highest BCUT2D eigenvalue weighted by Crippen LogP contribution is 2.09. The quantitative estimate of drug-likeness (QED) is 0.164. The molecule has 0 aliphatic heterocycles. The highest BCUT2D eigenvalue weighted by Gasteiger charge is 2.30. The molecule has 0 aromatic heterocycles. The first-order valence-corrected chi connectivity index (χ1v) is 12.3. The first-order valence-electron chi connectivity index (χ1n) is 11.0. The SMILES string of the molecule is CC[C@H](C)[C@H](NC(=O)[C@H](C)NC(=O)[C@H](CCSC)NC(=O)[C@H](CCC(=O)O)NC(C)=O)C(=O)O. The van der Waals surface area contributed by atoms with E-state index in [0.29, 0.717) is 12.2 Å². The molecule has 0 saturated carbocycles. The lowest BCUT2D eigenvalue weighted by molar-refractivity contribution is -0.143. The summed E-state index contributed by atoms with van der Waals surface area (Å²) in [5.41, 5.74) is 0. The van der Waals surface area contributed by atoms with Crippen molar-refractivity contribution in [3.05, 3.63) is 0 Å². The van der Waals surface area contributed by atoms with E-state index in [1.54, 1.807) is 20.1 Å². The van der Waals surface area contributed by atoms with Gasteiger partial charge in [0.2, 0.25) is 23.6 Å². The molecule has 0 unspecified atom stereocenters. The fraction of sp³-hybridized carbons (Fsp3) is 0.714. The Balaban J connectivity index is 5.32. The van der Waals surface area contributed by atoms with Crippen molar-refractivity contribution in [3.8, 4) is 0 Å². The molecule has 13 heteroatoms. The summed E-state index contributed by atoms with van der Waals surface area (Å²) in [5.74, 6) is -4.77. The molecule has 0 spiro atoms. The summed E-state index contributed by atoms with van der Waals surface area (Å²) in [4.78, 5) is 71.7. The molecule has 194 valence electrons. The van der Waals surface area contributed by atoms with Gasteiger partial charge >= 0.3 is 11.9 Å². The van der Waals surface area contributed by atoms with E-state index >= 15 is 0 Å². The summed E-state index contributed by atoms with van der Waals surface area (Å²) >= 11 is 1.43. The average molecular weight is 505 g/mol. The van der Waals surface area contributed by atoms with Crippen LogP contribution in [0.15, 0.2) is 0 Å². The van der Waals surface area contributed by atoms with Gasteiger partial charge in [0.05, 0.1) is 0 Å². The molecule has 0 aliphatic carbocycles. The molecule has 0 radical (unpaired) electrons. The second kappa shape index (κ2) is 15.9. The second-order valence-corrected chi connectivity index (χ2v) is 8.95. The van der Waals surface area contributed by atoms with Gasteiger partial charge in [0.1, 0.15) is 24.2 Å². The van der Waals surface area contributed by atoms with Gasteiger partial charge in [-0.2, -0.15) is 11.8 Å². The van der Waals surface area contributed by atoms with Gasteiger partial charge in [-0.15, -0.1) is 0 Å². The first-order chi connectivity index (χ1) is 15.8. The fourth-order valence-electron chi connectivity index (χ4n) is 2.90. The van der Waals surface area contributed by atoms with Gasteiger partial charge in [0.25, 0.3) is 0 Å². The molecule has 0 aliphatic rings. The number of aliphatic carboxylic acids is 2. The largest absolute Gasteiger partial charge is 0.481 e. The van der Waals surface area contributed by atoms with Crippen molar-refractivity contribution in [2.24, 2.45) is 5.92 Å². The Morgan fingerprint density at radius 1 is 0.824 bits per heavy atom. The van der Waals surface area contributed by atoms with Crippen LogP contribution in [0.25, 0.3) is 0 Å². The minimum atomic E-state index is -1.18. The average Bonchev–Trinajstić information content (AvgIpc) is 2.75. The van der Waals surface area contributed by atoms with E-state index < -0.39 is 59.7 Å². The van der Waals surface area contributed by atoms with Crippen LogP contribution in [0.4, 0.5) is 0 Å². The van der Waals surface area contributed by atoms with Crippen molar-refractivity contribution in [2.75, 3.05) is 12.0 Å². The zero-order valence-electron chi connectivity index (χ0n) is 20.2. The molecule has 34 heavy (non-hydrogen) atoms. The fourth-order valence-corrected chi connectivity index (χ4v) is 3.37. The van der Waals surface area contributed by atoms with Gasteiger partial charge in [-0.05, 0) is 37.7 Å². The van der Waals surface area contributed by atoms with Gasteiger partial charge < -0.3 is 31.5 Å². The third-order valence-electron chi connectivity index (χ3n) is 5.11. The van der Waals surface area contributed by atoms with Crippen molar-refractivity contribution < 1.29 is 39.0 Å². The van der Waals surface area contributed by atoms with Gasteiger partial charge in [-0.25, -0.2) is 4.79 Å². The first kappa shape index (κ1) is 31.2. The highest BCUT2D eigenvalue weighted by atomic mass is 32.2. The van der Waals surface area contributed by atoms with E-state index in [9.17, 15) is 33.9 Å². The Morgan fingerprint density at radius 2 is 1.38 bits per heavy atom. The Hall–Kier alpha value is -2.83. The summed E-state index contributed by atoms with van der Waals surface area (Å²) in [6.45, 7) is 6.06. The molecule has 0 fully saturated rings. The second-order valence-electron chi connectivity index (χ2n) is 7.97. The maximum Gasteiger partial charge on any atom is 0.326 e. The van der Waals surface area contributed by atoms with Gasteiger partial charge in [0, 0.05) is 13.3 Å². The van der Waals surface area contributed by atoms with Crippen LogP contribution in [-0.2, 0) is 28.8 Å². The number of nitrogens with one attached hydrogen (secondary N) is 4. The van der Waals surface area contributed by atoms with E-state index in [1.807, 2.05) is 0 Å². The minimum absolute atomic E-state index is 0.164. The molecule has 0 aromatic rings. The van der Waals surface area contributed by atoms with Crippen LogP contribution < -0.4 is 21.3 Å². The number of amides is 4. The van der Waals surface area contributed by atoms with Crippen LogP contribution in [-0.4, -0.2) is 82.0 Å². The summed E-state index contributed by atoms with van der Waals surface area (Å²) in [5, 5.41) is 28.0. The van der Waals surface area contributed by atoms with Crippen LogP contribution in [0.5, 0.6) is 0 Å². The van der Waals surface area contributed by atoms with Crippen molar-refractivity contribution in [1.29, 1.82) is 0 Å². The Labute approximate surface area is 203 Å². The molecular weight excluding hydrogens is 468 g/mol. The summed E-state index contributed by atoms with van der Waals surface area (Å²) in [7, 11) is 0. The molecular formula is C21H36N4O8S. The number of hydrogen-bond acceptors (Lipinski definition) is 7.